The van der Waals surface area contributed by atoms with Crippen molar-refractivity contribution in [3.05, 3.63) is 73.1 Å². The third-order valence-electron chi connectivity index (χ3n) is 7.82. The molecule has 4 aromatic rings. The average Bonchev–Trinajstić information content (AvgIpc) is 3.42. The standard InChI is InChI=1S/C34H41FN6O4/c1-8-21(2)32(36)34(43)45-22(3)41-20-29(23-11-12-37-30(35)17-23)28-16-25(19-38-33(28)41)24-14-26(18-27(15-24)44-7)40(6)31(42)10-9-13-39(4)5/h9-12,14-22,32H,8,13,36H2,1-7H3/b10-9+/t21-,22?,32-/m0/s1. The van der Waals surface area contributed by atoms with E-state index in [1.165, 1.54) is 12.3 Å². The van der Waals surface area contributed by atoms with Crippen LogP contribution in [-0.2, 0) is 14.3 Å². The molecule has 1 unspecified atom stereocenters. The number of anilines is 1. The number of fused-ring (bicyclic) bond motifs is 1. The van der Waals surface area contributed by atoms with Crippen molar-refractivity contribution in [1.29, 1.82) is 0 Å². The van der Waals surface area contributed by atoms with Crippen LogP contribution >= 0.6 is 0 Å². The SMILES string of the molecule is CC[C@H](C)[C@H](N)C(=O)OC(C)n1cc(-c2ccnc(F)c2)c2cc(-c3cc(OC)cc(N(C)C(=O)/C=C/CN(C)C)c3)cnc21. The topological polar surface area (TPSA) is 116 Å². The molecule has 238 valence electrons. The zero-order valence-corrected chi connectivity index (χ0v) is 26.8. The summed E-state index contributed by atoms with van der Waals surface area (Å²) in [5.41, 5.74) is 10.1. The van der Waals surface area contributed by atoms with Crippen molar-refractivity contribution in [2.75, 3.05) is 39.7 Å². The van der Waals surface area contributed by atoms with Crippen LogP contribution in [0.1, 0.15) is 33.4 Å². The number of likely N-dealkylation sites (N-methyl/N-ethyl adjacent to an activating group) is 2. The van der Waals surface area contributed by atoms with Gasteiger partial charge in [0.1, 0.15) is 17.4 Å². The number of hydrogen-bond donors (Lipinski definition) is 1. The first kappa shape index (κ1) is 33.3. The van der Waals surface area contributed by atoms with E-state index in [9.17, 15) is 14.0 Å². The first-order valence-corrected chi connectivity index (χ1v) is 14.8. The molecule has 0 aliphatic carbocycles. The maximum Gasteiger partial charge on any atom is 0.325 e. The average molecular weight is 617 g/mol. The summed E-state index contributed by atoms with van der Waals surface area (Å²) in [5.74, 6) is -0.794. The van der Waals surface area contributed by atoms with E-state index in [1.54, 1.807) is 61.2 Å². The second-order valence-corrected chi connectivity index (χ2v) is 11.3. The second-order valence-electron chi connectivity index (χ2n) is 11.3. The molecule has 0 fully saturated rings. The van der Waals surface area contributed by atoms with Crippen LogP contribution in [0.4, 0.5) is 10.1 Å². The van der Waals surface area contributed by atoms with Crippen LogP contribution in [-0.4, -0.2) is 72.2 Å². The predicted octanol–water partition coefficient (Wildman–Crippen LogP) is 5.43. The second kappa shape index (κ2) is 14.4. The van der Waals surface area contributed by atoms with Gasteiger partial charge in [-0.15, -0.1) is 0 Å². The number of ether oxygens (including phenoxy) is 2. The zero-order chi connectivity index (χ0) is 32.8. The molecule has 0 aliphatic rings. The molecule has 3 atom stereocenters. The van der Waals surface area contributed by atoms with E-state index in [0.717, 1.165) is 17.5 Å². The number of methoxy groups -OCH3 is 1. The highest BCUT2D eigenvalue weighted by atomic mass is 19.1. The predicted molar refractivity (Wildman–Crippen MR) is 174 cm³/mol. The molecule has 4 rings (SSSR count). The lowest BCUT2D eigenvalue weighted by atomic mass is 10.0. The number of benzene rings is 1. The van der Waals surface area contributed by atoms with Crippen molar-refractivity contribution in [3.63, 3.8) is 0 Å². The van der Waals surface area contributed by atoms with Gasteiger partial charge in [-0.3, -0.25) is 14.2 Å². The van der Waals surface area contributed by atoms with Gasteiger partial charge in [-0.25, -0.2) is 9.97 Å². The minimum atomic E-state index is -0.761. The monoisotopic (exact) mass is 616 g/mol. The van der Waals surface area contributed by atoms with Gasteiger partial charge in [-0.1, -0.05) is 26.3 Å². The molecule has 45 heavy (non-hydrogen) atoms. The van der Waals surface area contributed by atoms with Crippen molar-refractivity contribution in [1.82, 2.24) is 19.4 Å². The van der Waals surface area contributed by atoms with Crippen LogP contribution in [0.3, 0.4) is 0 Å². The van der Waals surface area contributed by atoms with Gasteiger partial charge in [0.2, 0.25) is 11.9 Å². The normalized spacial score (nSPS) is 13.6. The fourth-order valence-electron chi connectivity index (χ4n) is 4.82. The molecule has 0 saturated heterocycles. The molecule has 0 saturated carbocycles. The highest BCUT2D eigenvalue weighted by molar-refractivity contribution is 6.02. The van der Waals surface area contributed by atoms with Crippen molar-refractivity contribution in [2.45, 2.75) is 39.5 Å². The lowest BCUT2D eigenvalue weighted by Crippen LogP contribution is -2.38. The van der Waals surface area contributed by atoms with Crippen LogP contribution in [0.15, 0.2) is 67.1 Å². The fraction of sp³-hybridized carbons (Fsp3) is 0.353. The molecule has 0 radical (unpaired) electrons. The van der Waals surface area contributed by atoms with Gasteiger partial charge < -0.3 is 25.0 Å². The van der Waals surface area contributed by atoms with Crippen molar-refractivity contribution >= 4 is 28.6 Å². The zero-order valence-electron chi connectivity index (χ0n) is 26.8. The lowest BCUT2D eigenvalue weighted by Gasteiger charge is -2.21. The Morgan fingerprint density at radius 3 is 2.49 bits per heavy atom. The third kappa shape index (κ3) is 7.73. The summed E-state index contributed by atoms with van der Waals surface area (Å²) in [4.78, 5) is 37.7. The number of aromatic nitrogens is 3. The van der Waals surface area contributed by atoms with Gasteiger partial charge >= 0.3 is 5.97 Å². The number of carbonyl (C=O) groups excluding carboxylic acids is 2. The fourth-order valence-corrected chi connectivity index (χ4v) is 4.82. The number of hydrogen-bond acceptors (Lipinski definition) is 8. The molecule has 3 heterocycles. The van der Waals surface area contributed by atoms with Gasteiger partial charge in [-0.2, -0.15) is 4.39 Å². The Morgan fingerprint density at radius 2 is 1.82 bits per heavy atom. The van der Waals surface area contributed by atoms with Crippen LogP contribution in [0.25, 0.3) is 33.3 Å². The largest absolute Gasteiger partial charge is 0.497 e. The quantitative estimate of drug-likeness (QED) is 0.127. The molecular weight excluding hydrogens is 575 g/mol. The van der Waals surface area contributed by atoms with Gasteiger partial charge in [-0.05, 0) is 62.3 Å². The van der Waals surface area contributed by atoms with Crippen molar-refractivity contribution in [3.8, 4) is 28.0 Å². The number of carbonyl (C=O) groups is 2. The third-order valence-corrected chi connectivity index (χ3v) is 7.82. The van der Waals surface area contributed by atoms with E-state index < -0.39 is 24.2 Å². The molecule has 11 heteroatoms. The first-order valence-electron chi connectivity index (χ1n) is 14.8. The van der Waals surface area contributed by atoms with E-state index in [1.807, 2.05) is 57.1 Å². The Balaban J connectivity index is 1.79. The first-order chi connectivity index (χ1) is 21.4. The van der Waals surface area contributed by atoms with Gasteiger partial charge in [0.05, 0.1) is 7.11 Å². The summed E-state index contributed by atoms with van der Waals surface area (Å²) in [5, 5.41) is 0.702. The number of halogens is 1. The summed E-state index contributed by atoms with van der Waals surface area (Å²) in [6.45, 7) is 6.25. The molecule has 2 N–H and O–H groups in total. The van der Waals surface area contributed by atoms with E-state index in [2.05, 4.69) is 4.98 Å². The van der Waals surface area contributed by atoms with Crippen LogP contribution in [0, 0.1) is 11.9 Å². The number of nitrogens with two attached hydrogens (primary N) is 1. The lowest BCUT2D eigenvalue weighted by molar-refractivity contribution is -0.155. The summed E-state index contributed by atoms with van der Waals surface area (Å²) >= 11 is 0. The Morgan fingerprint density at radius 1 is 1.07 bits per heavy atom. The van der Waals surface area contributed by atoms with E-state index in [-0.39, 0.29) is 11.8 Å². The molecule has 3 aromatic heterocycles. The van der Waals surface area contributed by atoms with E-state index in [0.29, 0.717) is 40.1 Å². The van der Waals surface area contributed by atoms with Crippen LogP contribution in [0.2, 0.25) is 0 Å². The van der Waals surface area contributed by atoms with Crippen LogP contribution in [0.5, 0.6) is 5.75 Å². The summed E-state index contributed by atoms with van der Waals surface area (Å²) < 4.78 is 27.3. The van der Waals surface area contributed by atoms with Crippen molar-refractivity contribution in [2.24, 2.45) is 11.7 Å². The highest BCUT2D eigenvalue weighted by Crippen LogP contribution is 2.36. The molecule has 1 amide bonds. The van der Waals surface area contributed by atoms with Gasteiger partial charge in [0, 0.05) is 72.6 Å². The molecule has 10 nitrogen and oxygen atoms in total. The highest BCUT2D eigenvalue weighted by Gasteiger charge is 2.25. The smallest absolute Gasteiger partial charge is 0.325 e. The Hall–Kier alpha value is -4.61. The van der Waals surface area contributed by atoms with Crippen LogP contribution < -0.4 is 15.4 Å². The molecule has 0 bridgehead atoms. The van der Waals surface area contributed by atoms with E-state index in [4.69, 9.17) is 20.2 Å². The molecular formula is C34H41FN6O4. The van der Waals surface area contributed by atoms with E-state index >= 15 is 0 Å². The van der Waals surface area contributed by atoms with Crippen molar-refractivity contribution < 1.29 is 23.5 Å². The minimum absolute atomic E-state index is 0.0432. The van der Waals surface area contributed by atoms with Gasteiger partial charge in [0.15, 0.2) is 6.23 Å². The molecule has 1 aromatic carbocycles. The summed E-state index contributed by atoms with van der Waals surface area (Å²) in [6.07, 6.45) is 8.23. The number of amides is 1. The molecule has 0 aliphatic heterocycles. The molecule has 0 spiro atoms. The van der Waals surface area contributed by atoms with Gasteiger partial charge in [0.25, 0.3) is 0 Å². The summed E-state index contributed by atoms with van der Waals surface area (Å²) in [6, 6.07) is 9.75. The number of nitrogens with zero attached hydrogens (tertiary/aromatic N) is 5. The minimum Gasteiger partial charge on any atom is -0.497 e. The Kier molecular flexibility index (Phi) is 10.7. The Bertz CT molecular complexity index is 1700. The number of esters is 1. The maximum atomic E-state index is 14.2. The number of pyridine rings is 2. The number of rotatable bonds is 12. The summed E-state index contributed by atoms with van der Waals surface area (Å²) in [7, 11) is 7.13. The maximum absolute atomic E-state index is 14.2. The Labute approximate surface area is 263 Å².